The second-order valence-corrected chi connectivity index (χ2v) is 5.55. The van der Waals surface area contributed by atoms with Gasteiger partial charge in [0, 0.05) is 19.5 Å². The lowest BCUT2D eigenvalue weighted by atomic mass is 9.93. The lowest BCUT2D eigenvalue weighted by Crippen LogP contribution is -2.22. The Bertz CT molecular complexity index is 434. The molecule has 94 valence electrons. The van der Waals surface area contributed by atoms with Crippen LogP contribution in [0.1, 0.15) is 37.6 Å². The van der Waals surface area contributed by atoms with Crippen molar-refractivity contribution >= 4 is 15.9 Å². The Morgan fingerprint density at radius 2 is 2.35 bits per heavy atom. The average Bonchev–Trinajstić information content (AvgIpc) is 2.59. The highest BCUT2D eigenvalue weighted by atomic mass is 79.9. The molecule has 2 rings (SSSR count). The molecule has 0 saturated carbocycles. The van der Waals surface area contributed by atoms with E-state index in [2.05, 4.69) is 34.0 Å². The molecular formula is C13H20BrN3. The molecule has 1 aliphatic rings. The smallest absolute Gasteiger partial charge is 0.0766 e. The van der Waals surface area contributed by atoms with Crippen molar-refractivity contribution in [2.24, 2.45) is 12.8 Å². The Hall–Kier alpha value is -0.610. The van der Waals surface area contributed by atoms with Crippen LogP contribution in [0.2, 0.25) is 0 Å². The van der Waals surface area contributed by atoms with Crippen LogP contribution in [0.15, 0.2) is 16.1 Å². The maximum absolute atomic E-state index is 5.90. The topological polar surface area (TPSA) is 43.8 Å². The molecule has 1 aliphatic carbocycles. The SMILES string of the molecule is CCc1nn(C)c(CC2=CCC(N)CC2)c1Br. The van der Waals surface area contributed by atoms with Crippen molar-refractivity contribution in [3.63, 3.8) is 0 Å². The molecule has 0 spiro atoms. The number of nitrogens with two attached hydrogens (primary N) is 1. The quantitative estimate of drug-likeness (QED) is 0.872. The summed E-state index contributed by atoms with van der Waals surface area (Å²) in [4.78, 5) is 0. The number of allylic oxidation sites excluding steroid dienone is 1. The Morgan fingerprint density at radius 3 is 2.88 bits per heavy atom. The zero-order chi connectivity index (χ0) is 12.4. The van der Waals surface area contributed by atoms with Crippen LogP contribution in [-0.2, 0) is 19.9 Å². The summed E-state index contributed by atoms with van der Waals surface area (Å²) in [6.45, 7) is 2.13. The van der Waals surface area contributed by atoms with Crippen molar-refractivity contribution in [3.8, 4) is 0 Å². The second-order valence-electron chi connectivity index (χ2n) is 4.76. The highest BCUT2D eigenvalue weighted by Gasteiger charge is 2.16. The second kappa shape index (κ2) is 5.36. The molecule has 0 fully saturated rings. The van der Waals surface area contributed by atoms with E-state index in [0.717, 1.165) is 37.8 Å². The number of halogens is 1. The van der Waals surface area contributed by atoms with E-state index in [4.69, 9.17) is 5.73 Å². The van der Waals surface area contributed by atoms with Crippen molar-refractivity contribution in [3.05, 3.63) is 27.5 Å². The summed E-state index contributed by atoms with van der Waals surface area (Å²) in [6.07, 6.45) is 7.53. The average molecular weight is 298 g/mol. The number of aromatic nitrogens is 2. The Labute approximate surface area is 111 Å². The normalized spacial score (nSPS) is 20.5. The molecule has 3 nitrogen and oxygen atoms in total. The minimum absolute atomic E-state index is 0.361. The van der Waals surface area contributed by atoms with Crippen LogP contribution in [0.25, 0.3) is 0 Å². The number of hydrogen-bond acceptors (Lipinski definition) is 2. The summed E-state index contributed by atoms with van der Waals surface area (Å²) in [5.41, 5.74) is 9.83. The van der Waals surface area contributed by atoms with E-state index in [0.29, 0.717) is 6.04 Å². The van der Waals surface area contributed by atoms with Crippen molar-refractivity contribution in [1.29, 1.82) is 0 Å². The summed E-state index contributed by atoms with van der Waals surface area (Å²) in [5.74, 6) is 0. The first-order valence-corrected chi connectivity index (χ1v) is 7.04. The third kappa shape index (κ3) is 2.80. The Balaban J connectivity index is 2.16. The van der Waals surface area contributed by atoms with E-state index in [9.17, 15) is 0 Å². The molecule has 0 aliphatic heterocycles. The zero-order valence-corrected chi connectivity index (χ0v) is 12.1. The highest BCUT2D eigenvalue weighted by molar-refractivity contribution is 9.10. The van der Waals surface area contributed by atoms with Crippen LogP contribution < -0.4 is 5.73 Å². The van der Waals surface area contributed by atoms with Crippen molar-refractivity contribution in [2.75, 3.05) is 0 Å². The lowest BCUT2D eigenvalue weighted by molar-refractivity contribution is 0.578. The standard InChI is InChI=1S/C13H20BrN3/c1-3-11-13(14)12(17(2)16-11)8-9-4-6-10(15)7-5-9/h4,10H,3,5-8,15H2,1-2H3. The summed E-state index contributed by atoms with van der Waals surface area (Å²) in [6, 6.07) is 0.361. The van der Waals surface area contributed by atoms with E-state index >= 15 is 0 Å². The third-order valence-corrected chi connectivity index (χ3v) is 4.36. The molecule has 0 radical (unpaired) electrons. The molecule has 17 heavy (non-hydrogen) atoms. The fraction of sp³-hybridized carbons (Fsp3) is 0.615. The molecule has 1 unspecified atom stereocenters. The molecule has 1 heterocycles. The Morgan fingerprint density at radius 1 is 1.59 bits per heavy atom. The van der Waals surface area contributed by atoms with Gasteiger partial charge in [-0.15, -0.1) is 0 Å². The first kappa shape index (κ1) is 12.8. The summed E-state index contributed by atoms with van der Waals surface area (Å²) < 4.78 is 3.18. The van der Waals surface area contributed by atoms with Crippen LogP contribution in [0.5, 0.6) is 0 Å². The summed E-state index contributed by atoms with van der Waals surface area (Å²) in [7, 11) is 2.02. The van der Waals surface area contributed by atoms with Gasteiger partial charge in [-0.1, -0.05) is 18.6 Å². The molecule has 1 atom stereocenters. The van der Waals surface area contributed by atoms with Crippen LogP contribution in [-0.4, -0.2) is 15.8 Å². The minimum atomic E-state index is 0.361. The fourth-order valence-corrected chi connectivity index (χ4v) is 3.05. The van der Waals surface area contributed by atoms with Crippen LogP contribution in [0.4, 0.5) is 0 Å². The van der Waals surface area contributed by atoms with Crippen LogP contribution in [0, 0.1) is 0 Å². The van der Waals surface area contributed by atoms with Crippen LogP contribution >= 0.6 is 15.9 Å². The van der Waals surface area contributed by atoms with Crippen molar-refractivity contribution in [2.45, 2.75) is 45.1 Å². The molecule has 1 aromatic heterocycles. The maximum atomic E-state index is 5.90. The molecule has 0 amide bonds. The van der Waals surface area contributed by atoms with Gasteiger partial charge >= 0.3 is 0 Å². The van der Waals surface area contributed by atoms with Gasteiger partial charge in [0.15, 0.2) is 0 Å². The number of rotatable bonds is 3. The molecule has 2 N–H and O–H groups in total. The van der Waals surface area contributed by atoms with Gasteiger partial charge in [0.2, 0.25) is 0 Å². The van der Waals surface area contributed by atoms with E-state index in [-0.39, 0.29) is 0 Å². The molecule has 0 bridgehead atoms. The van der Waals surface area contributed by atoms with Gasteiger partial charge in [-0.05, 0) is 41.6 Å². The first-order valence-electron chi connectivity index (χ1n) is 6.25. The van der Waals surface area contributed by atoms with Gasteiger partial charge in [0.1, 0.15) is 0 Å². The highest BCUT2D eigenvalue weighted by Crippen LogP contribution is 2.27. The number of aryl methyl sites for hydroxylation is 2. The van der Waals surface area contributed by atoms with E-state index < -0.39 is 0 Å². The fourth-order valence-electron chi connectivity index (χ4n) is 2.30. The summed E-state index contributed by atoms with van der Waals surface area (Å²) >= 11 is 3.67. The van der Waals surface area contributed by atoms with Gasteiger partial charge in [-0.25, -0.2) is 0 Å². The molecule has 4 heteroatoms. The summed E-state index contributed by atoms with van der Waals surface area (Å²) in [5, 5.41) is 4.53. The Kier molecular flexibility index (Phi) is 4.05. The predicted octanol–water partition coefficient (Wildman–Crippen LogP) is 2.73. The first-order chi connectivity index (χ1) is 8.11. The van der Waals surface area contributed by atoms with Gasteiger partial charge in [-0.2, -0.15) is 5.10 Å². The van der Waals surface area contributed by atoms with Crippen molar-refractivity contribution in [1.82, 2.24) is 9.78 Å². The van der Waals surface area contributed by atoms with Gasteiger partial charge in [0.25, 0.3) is 0 Å². The zero-order valence-electron chi connectivity index (χ0n) is 10.5. The maximum Gasteiger partial charge on any atom is 0.0766 e. The van der Waals surface area contributed by atoms with Gasteiger partial charge < -0.3 is 5.73 Å². The third-order valence-electron chi connectivity index (χ3n) is 3.44. The number of hydrogen-bond donors (Lipinski definition) is 1. The monoisotopic (exact) mass is 297 g/mol. The van der Waals surface area contributed by atoms with E-state index in [1.807, 2.05) is 11.7 Å². The van der Waals surface area contributed by atoms with Gasteiger partial charge in [-0.3, -0.25) is 4.68 Å². The van der Waals surface area contributed by atoms with Crippen molar-refractivity contribution < 1.29 is 0 Å². The van der Waals surface area contributed by atoms with Crippen LogP contribution in [0.3, 0.4) is 0 Å². The largest absolute Gasteiger partial charge is 0.327 e. The molecule has 0 aromatic carbocycles. The predicted molar refractivity (Wildman–Crippen MR) is 73.9 cm³/mol. The number of nitrogens with zero attached hydrogens (tertiary/aromatic N) is 2. The minimum Gasteiger partial charge on any atom is -0.327 e. The lowest BCUT2D eigenvalue weighted by Gasteiger charge is -2.18. The van der Waals surface area contributed by atoms with E-state index in [1.54, 1.807) is 0 Å². The molecule has 0 saturated heterocycles. The van der Waals surface area contributed by atoms with E-state index in [1.165, 1.54) is 15.7 Å². The molecule has 1 aromatic rings. The van der Waals surface area contributed by atoms with Gasteiger partial charge in [0.05, 0.1) is 15.9 Å². The molecular weight excluding hydrogens is 278 g/mol.